The molecule has 4 nitrogen and oxygen atoms in total. The maximum Gasteiger partial charge on any atom is 0.404 e. The number of nitrogens with two attached hydrogens (primary N) is 1. The summed E-state index contributed by atoms with van der Waals surface area (Å²) in [5.41, 5.74) is 5.01. The molecular formula is C11H18F3N3O. The molecule has 0 radical (unpaired) electrons. The molecule has 3 atom stereocenters. The lowest BCUT2D eigenvalue weighted by molar-refractivity contribution is -0.160. The first-order valence-corrected chi connectivity index (χ1v) is 6.11. The summed E-state index contributed by atoms with van der Waals surface area (Å²) in [4.78, 5) is 15.7. The highest BCUT2D eigenvalue weighted by molar-refractivity contribution is 5.78. The first-order chi connectivity index (χ1) is 8.29. The van der Waals surface area contributed by atoms with E-state index in [2.05, 4.69) is 4.90 Å². The normalized spacial score (nSPS) is 30.6. The van der Waals surface area contributed by atoms with Crippen LogP contribution in [0.3, 0.4) is 0 Å². The first kappa shape index (κ1) is 13.6. The van der Waals surface area contributed by atoms with Gasteiger partial charge in [0.25, 0.3) is 0 Å². The minimum atomic E-state index is -4.50. The zero-order chi connectivity index (χ0) is 13.5. The fraction of sp³-hybridized carbons (Fsp3) is 0.909. The summed E-state index contributed by atoms with van der Waals surface area (Å²) in [5, 5.41) is 0. The molecule has 1 amide bonds. The number of likely N-dealkylation sites (tertiary alicyclic amines) is 1. The zero-order valence-corrected chi connectivity index (χ0v) is 10.3. The molecule has 2 rings (SSSR count). The van der Waals surface area contributed by atoms with Crippen LogP contribution < -0.4 is 5.73 Å². The lowest BCUT2D eigenvalue weighted by Crippen LogP contribution is -2.56. The Hall–Kier alpha value is -0.820. The van der Waals surface area contributed by atoms with Crippen LogP contribution in [0.1, 0.15) is 19.3 Å². The summed E-state index contributed by atoms with van der Waals surface area (Å²) in [6, 6.07) is -1.94. The van der Waals surface area contributed by atoms with Crippen molar-refractivity contribution in [3.05, 3.63) is 0 Å². The molecule has 18 heavy (non-hydrogen) atoms. The van der Waals surface area contributed by atoms with E-state index in [9.17, 15) is 18.0 Å². The SMILES string of the molecule is CN1CC2CCC(C1)N2C(=O)CC(N)C(F)(F)F. The van der Waals surface area contributed by atoms with Crippen LogP contribution in [0, 0.1) is 0 Å². The Morgan fingerprint density at radius 2 is 1.83 bits per heavy atom. The van der Waals surface area contributed by atoms with Gasteiger partial charge in [0.1, 0.15) is 6.04 Å². The molecule has 3 unspecified atom stereocenters. The van der Waals surface area contributed by atoms with Gasteiger partial charge < -0.3 is 15.5 Å². The van der Waals surface area contributed by atoms with E-state index in [1.807, 2.05) is 7.05 Å². The van der Waals surface area contributed by atoms with Gasteiger partial charge in [-0.3, -0.25) is 4.79 Å². The van der Waals surface area contributed by atoms with Gasteiger partial charge in [-0.25, -0.2) is 0 Å². The molecule has 104 valence electrons. The van der Waals surface area contributed by atoms with E-state index < -0.39 is 24.5 Å². The lowest BCUT2D eigenvalue weighted by atomic mass is 10.1. The predicted octanol–water partition coefficient (Wildman–Crippen LogP) is 0.571. The Morgan fingerprint density at radius 3 is 2.28 bits per heavy atom. The van der Waals surface area contributed by atoms with Crippen LogP contribution in [-0.4, -0.2) is 60.1 Å². The van der Waals surface area contributed by atoms with E-state index in [-0.39, 0.29) is 12.1 Å². The van der Waals surface area contributed by atoms with Gasteiger partial charge in [-0.15, -0.1) is 0 Å². The number of halogens is 3. The predicted molar refractivity (Wildman–Crippen MR) is 59.8 cm³/mol. The average Bonchev–Trinajstić information content (AvgIpc) is 2.50. The van der Waals surface area contributed by atoms with E-state index in [1.165, 1.54) is 0 Å². The van der Waals surface area contributed by atoms with E-state index in [1.54, 1.807) is 4.90 Å². The smallest absolute Gasteiger partial charge is 0.334 e. The van der Waals surface area contributed by atoms with Crippen LogP contribution in [0.4, 0.5) is 13.2 Å². The number of hydrogen-bond donors (Lipinski definition) is 1. The van der Waals surface area contributed by atoms with Crippen molar-refractivity contribution >= 4 is 5.91 Å². The molecule has 0 spiro atoms. The van der Waals surface area contributed by atoms with Crippen molar-refractivity contribution < 1.29 is 18.0 Å². The number of likely N-dealkylation sites (N-methyl/N-ethyl adjacent to an activating group) is 1. The molecule has 2 saturated heterocycles. The lowest BCUT2D eigenvalue weighted by Gasteiger charge is -2.40. The second-order valence-electron chi connectivity index (χ2n) is 5.26. The third-order valence-corrected chi connectivity index (χ3v) is 3.77. The highest BCUT2D eigenvalue weighted by Crippen LogP contribution is 2.31. The Morgan fingerprint density at radius 1 is 1.33 bits per heavy atom. The Kier molecular flexibility index (Phi) is 3.55. The van der Waals surface area contributed by atoms with Crippen molar-refractivity contribution in [1.29, 1.82) is 0 Å². The van der Waals surface area contributed by atoms with Crippen LogP contribution in [0.25, 0.3) is 0 Å². The number of carbonyl (C=O) groups excluding carboxylic acids is 1. The van der Waals surface area contributed by atoms with Gasteiger partial charge in [0.05, 0.1) is 6.42 Å². The maximum atomic E-state index is 12.3. The van der Waals surface area contributed by atoms with Crippen molar-refractivity contribution in [2.45, 2.75) is 43.6 Å². The monoisotopic (exact) mass is 265 g/mol. The van der Waals surface area contributed by atoms with Crippen molar-refractivity contribution in [2.24, 2.45) is 5.73 Å². The van der Waals surface area contributed by atoms with Gasteiger partial charge in [0.15, 0.2) is 0 Å². The number of nitrogens with zero attached hydrogens (tertiary/aromatic N) is 2. The summed E-state index contributed by atoms with van der Waals surface area (Å²) in [5.74, 6) is -0.458. The third-order valence-electron chi connectivity index (χ3n) is 3.77. The van der Waals surface area contributed by atoms with Crippen LogP contribution in [0.15, 0.2) is 0 Å². The molecule has 2 N–H and O–H groups in total. The highest BCUT2D eigenvalue weighted by Gasteiger charge is 2.44. The van der Waals surface area contributed by atoms with Crippen LogP contribution in [-0.2, 0) is 4.79 Å². The molecular weight excluding hydrogens is 247 g/mol. The van der Waals surface area contributed by atoms with Gasteiger partial charge in [-0.1, -0.05) is 0 Å². The molecule has 0 aromatic carbocycles. The molecule has 0 aromatic rings. The number of hydrogen-bond acceptors (Lipinski definition) is 3. The Labute approximate surface area is 104 Å². The van der Waals surface area contributed by atoms with Crippen LogP contribution in [0.2, 0.25) is 0 Å². The van der Waals surface area contributed by atoms with Gasteiger partial charge in [0.2, 0.25) is 5.91 Å². The second kappa shape index (κ2) is 4.70. The average molecular weight is 265 g/mol. The molecule has 2 aliphatic rings. The molecule has 7 heteroatoms. The third kappa shape index (κ3) is 2.61. The molecule has 0 aliphatic carbocycles. The topological polar surface area (TPSA) is 49.6 Å². The fourth-order valence-corrected chi connectivity index (χ4v) is 2.93. The van der Waals surface area contributed by atoms with E-state index >= 15 is 0 Å². The molecule has 2 aliphatic heterocycles. The van der Waals surface area contributed by atoms with Gasteiger partial charge >= 0.3 is 6.18 Å². The summed E-state index contributed by atoms with van der Waals surface area (Å²) in [6.45, 7) is 1.48. The fourth-order valence-electron chi connectivity index (χ4n) is 2.93. The molecule has 0 saturated carbocycles. The van der Waals surface area contributed by atoms with E-state index in [0.717, 1.165) is 25.9 Å². The Balaban J connectivity index is 1.98. The van der Waals surface area contributed by atoms with E-state index in [0.29, 0.717) is 0 Å². The summed E-state index contributed by atoms with van der Waals surface area (Å²) >= 11 is 0. The summed E-state index contributed by atoms with van der Waals surface area (Å²) in [7, 11) is 1.97. The molecule has 2 fully saturated rings. The van der Waals surface area contributed by atoms with Gasteiger partial charge in [-0.2, -0.15) is 13.2 Å². The van der Waals surface area contributed by atoms with Crippen molar-refractivity contribution in [3.8, 4) is 0 Å². The minimum Gasteiger partial charge on any atom is -0.334 e. The number of carbonyl (C=O) groups is 1. The molecule has 0 aromatic heterocycles. The molecule has 2 bridgehead atoms. The summed E-state index contributed by atoms with van der Waals surface area (Å²) < 4.78 is 37.0. The largest absolute Gasteiger partial charge is 0.404 e. The minimum absolute atomic E-state index is 0.0571. The van der Waals surface area contributed by atoms with Crippen LogP contribution in [0.5, 0.6) is 0 Å². The quantitative estimate of drug-likeness (QED) is 0.794. The second-order valence-corrected chi connectivity index (χ2v) is 5.26. The molecule has 2 heterocycles. The van der Waals surface area contributed by atoms with E-state index in [4.69, 9.17) is 5.73 Å². The number of rotatable bonds is 2. The highest BCUT2D eigenvalue weighted by atomic mass is 19.4. The Bertz CT molecular complexity index is 320. The van der Waals surface area contributed by atoms with Crippen molar-refractivity contribution in [1.82, 2.24) is 9.80 Å². The van der Waals surface area contributed by atoms with Crippen molar-refractivity contribution in [3.63, 3.8) is 0 Å². The first-order valence-electron chi connectivity index (χ1n) is 6.11. The number of amides is 1. The number of alkyl halides is 3. The number of piperazine rings is 1. The van der Waals surface area contributed by atoms with Crippen molar-refractivity contribution in [2.75, 3.05) is 20.1 Å². The number of fused-ring (bicyclic) bond motifs is 2. The maximum absolute atomic E-state index is 12.3. The van der Waals surface area contributed by atoms with Gasteiger partial charge in [-0.05, 0) is 19.9 Å². The zero-order valence-electron chi connectivity index (χ0n) is 10.3. The van der Waals surface area contributed by atoms with Crippen LogP contribution >= 0.6 is 0 Å². The summed E-state index contributed by atoms with van der Waals surface area (Å²) in [6.07, 6.45) is -3.38. The van der Waals surface area contributed by atoms with Gasteiger partial charge in [0, 0.05) is 25.2 Å². The standard InChI is InChI=1S/C11H18F3N3O/c1-16-5-7-2-3-8(6-16)17(7)10(18)4-9(15)11(12,13)14/h7-9H,2-6,15H2,1H3.